The van der Waals surface area contributed by atoms with E-state index < -0.39 is 4.92 Å². The standard InChI is InChI=1S/C21H19N5O3/c1-2-29-19-12-8-17(9-13-19)24-21(20-5-3-4-14-22-20)25-23-15-16-6-10-18(11-7-16)26(27)28/h3-15H,2H2,1H3,(H,24,25)/b23-15-. The van der Waals surface area contributed by atoms with Crippen LogP contribution in [-0.4, -0.2) is 28.6 Å². The smallest absolute Gasteiger partial charge is 0.269 e. The number of amidine groups is 1. The average Bonchev–Trinajstić information content (AvgIpc) is 2.75. The number of aliphatic imine (C=N–C) groups is 1. The lowest BCUT2D eigenvalue weighted by atomic mass is 10.2. The normalized spacial score (nSPS) is 11.4. The second-order valence-corrected chi connectivity index (χ2v) is 5.82. The van der Waals surface area contributed by atoms with Gasteiger partial charge in [-0.3, -0.25) is 20.5 Å². The summed E-state index contributed by atoms with van der Waals surface area (Å²) in [6.07, 6.45) is 3.23. The molecule has 29 heavy (non-hydrogen) atoms. The summed E-state index contributed by atoms with van der Waals surface area (Å²) in [5.74, 6) is 1.24. The third-order valence-corrected chi connectivity index (χ3v) is 3.78. The lowest BCUT2D eigenvalue weighted by Gasteiger charge is -2.06. The van der Waals surface area contributed by atoms with E-state index >= 15 is 0 Å². The SMILES string of the molecule is CCOc1ccc(N=C(N/N=C\c2ccc([N+](=O)[O-])cc2)c2ccccn2)cc1. The molecule has 1 N–H and O–H groups in total. The van der Waals surface area contributed by atoms with Gasteiger partial charge in [0.15, 0.2) is 5.84 Å². The number of nitrogens with one attached hydrogen (secondary N) is 1. The Morgan fingerprint density at radius 3 is 2.52 bits per heavy atom. The highest BCUT2D eigenvalue weighted by Crippen LogP contribution is 2.19. The van der Waals surface area contributed by atoms with Gasteiger partial charge in [-0.05, 0) is 61.0 Å². The van der Waals surface area contributed by atoms with Gasteiger partial charge in [0.25, 0.3) is 5.69 Å². The van der Waals surface area contributed by atoms with Gasteiger partial charge in [-0.1, -0.05) is 6.07 Å². The molecule has 0 saturated heterocycles. The van der Waals surface area contributed by atoms with Crippen LogP contribution in [0, 0.1) is 10.1 Å². The fraction of sp³-hybridized carbons (Fsp3) is 0.0952. The fourth-order valence-corrected chi connectivity index (χ4v) is 2.41. The van der Waals surface area contributed by atoms with Gasteiger partial charge in [0.05, 0.1) is 23.4 Å². The van der Waals surface area contributed by atoms with Gasteiger partial charge in [0, 0.05) is 18.3 Å². The number of hydrazone groups is 1. The molecule has 3 rings (SSSR count). The zero-order valence-corrected chi connectivity index (χ0v) is 15.7. The third kappa shape index (κ3) is 5.70. The van der Waals surface area contributed by atoms with E-state index in [0.29, 0.717) is 29.4 Å². The highest BCUT2D eigenvalue weighted by Gasteiger charge is 2.05. The van der Waals surface area contributed by atoms with Crippen molar-refractivity contribution in [3.8, 4) is 5.75 Å². The molecule has 0 bridgehead atoms. The second-order valence-electron chi connectivity index (χ2n) is 5.82. The minimum Gasteiger partial charge on any atom is -0.494 e. The maximum atomic E-state index is 10.7. The number of non-ortho nitro benzene ring substituents is 1. The number of pyridine rings is 1. The van der Waals surface area contributed by atoms with Crippen LogP contribution in [-0.2, 0) is 0 Å². The molecule has 146 valence electrons. The molecule has 0 amide bonds. The maximum Gasteiger partial charge on any atom is 0.269 e. The van der Waals surface area contributed by atoms with Crippen LogP contribution in [0.1, 0.15) is 18.2 Å². The molecule has 0 saturated carbocycles. The number of benzene rings is 2. The van der Waals surface area contributed by atoms with E-state index in [0.717, 1.165) is 5.75 Å². The first-order valence-corrected chi connectivity index (χ1v) is 8.92. The zero-order valence-electron chi connectivity index (χ0n) is 15.7. The van der Waals surface area contributed by atoms with E-state index in [2.05, 4.69) is 20.5 Å². The molecule has 0 aliphatic carbocycles. The Labute approximate surface area is 167 Å². The van der Waals surface area contributed by atoms with Crippen molar-refractivity contribution in [2.75, 3.05) is 6.61 Å². The van der Waals surface area contributed by atoms with Crippen molar-refractivity contribution in [1.29, 1.82) is 0 Å². The Bertz CT molecular complexity index is 1000. The molecule has 0 aliphatic heterocycles. The molecule has 1 heterocycles. The van der Waals surface area contributed by atoms with Crippen molar-refractivity contribution in [3.63, 3.8) is 0 Å². The number of hydrogen-bond donors (Lipinski definition) is 1. The second kappa shape index (κ2) is 9.75. The molecule has 0 fully saturated rings. The minimum absolute atomic E-state index is 0.0290. The summed E-state index contributed by atoms with van der Waals surface area (Å²) in [6, 6.07) is 19.0. The van der Waals surface area contributed by atoms with E-state index in [4.69, 9.17) is 4.74 Å². The summed E-state index contributed by atoms with van der Waals surface area (Å²) < 4.78 is 5.45. The van der Waals surface area contributed by atoms with Crippen LogP contribution in [0.4, 0.5) is 11.4 Å². The number of rotatable bonds is 7. The van der Waals surface area contributed by atoms with Crippen LogP contribution in [0.5, 0.6) is 5.75 Å². The van der Waals surface area contributed by atoms with Gasteiger partial charge >= 0.3 is 0 Å². The van der Waals surface area contributed by atoms with Gasteiger partial charge in [-0.15, -0.1) is 0 Å². The predicted octanol–water partition coefficient (Wildman–Crippen LogP) is 4.09. The molecule has 0 radical (unpaired) electrons. The minimum atomic E-state index is -0.443. The predicted molar refractivity (Wildman–Crippen MR) is 112 cm³/mol. The van der Waals surface area contributed by atoms with E-state index in [9.17, 15) is 10.1 Å². The molecule has 1 aromatic heterocycles. The monoisotopic (exact) mass is 389 g/mol. The number of aromatic nitrogens is 1. The van der Waals surface area contributed by atoms with Crippen LogP contribution >= 0.6 is 0 Å². The van der Waals surface area contributed by atoms with Crippen LogP contribution in [0.3, 0.4) is 0 Å². The number of hydrogen-bond acceptors (Lipinski definition) is 6. The number of nitro groups is 1. The third-order valence-electron chi connectivity index (χ3n) is 3.78. The van der Waals surface area contributed by atoms with Crippen molar-refractivity contribution >= 4 is 23.4 Å². The molecular formula is C21H19N5O3. The van der Waals surface area contributed by atoms with Crippen LogP contribution in [0.25, 0.3) is 0 Å². The molecule has 2 aromatic carbocycles. The van der Waals surface area contributed by atoms with Crippen LogP contribution in [0.15, 0.2) is 83.0 Å². The summed E-state index contributed by atoms with van der Waals surface area (Å²) in [7, 11) is 0. The van der Waals surface area contributed by atoms with Gasteiger partial charge in [0.2, 0.25) is 0 Å². The topological polar surface area (TPSA) is 102 Å². The molecule has 0 spiro atoms. The largest absolute Gasteiger partial charge is 0.494 e. The molecule has 8 heteroatoms. The Hall–Kier alpha value is -4.07. The van der Waals surface area contributed by atoms with Gasteiger partial charge in [0.1, 0.15) is 11.4 Å². The van der Waals surface area contributed by atoms with E-state index in [1.165, 1.54) is 12.1 Å². The van der Waals surface area contributed by atoms with Crippen LogP contribution < -0.4 is 10.2 Å². The number of nitrogens with zero attached hydrogens (tertiary/aromatic N) is 4. The highest BCUT2D eigenvalue weighted by atomic mass is 16.6. The van der Waals surface area contributed by atoms with Gasteiger partial charge in [-0.2, -0.15) is 5.10 Å². The van der Waals surface area contributed by atoms with Crippen molar-refractivity contribution in [3.05, 3.63) is 94.3 Å². The van der Waals surface area contributed by atoms with Gasteiger partial charge in [-0.25, -0.2) is 4.99 Å². The highest BCUT2D eigenvalue weighted by molar-refractivity contribution is 5.99. The molecule has 0 unspecified atom stereocenters. The Morgan fingerprint density at radius 1 is 1.14 bits per heavy atom. The summed E-state index contributed by atoms with van der Waals surface area (Å²) in [5, 5.41) is 14.9. The van der Waals surface area contributed by atoms with E-state index in [1.54, 1.807) is 24.5 Å². The maximum absolute atomic E-state index is 10.7. The molecule has 3 aromatic rings. The van der Waals surface area contributed by atoms with Crippen LogP contribution in [0.2, 0.25) is 0 Å². The number of ether oxygens (including phenoxy) is 1. The quantitative estimate of drug-likeness (QED) is 0.284. The van der Waals surface area contributed by atoms with Crippen molar-refractivity contribution in [2.45, 2.75) is 6.92 Å². The van der Waals surface area contributed by atoms with Gasteiger partial charge < -0.3 is 4.74 Å². The van der Waals surface area contributed by atoms with E-state index in [-0.39, 0.29) is 5.69 Å². The average molecular weight is 389 g/mol. The van der Waals surface area contributed by atoms with Crippen molar-refractivity contribution < 1.29 is 9.66 Å². The van der Waals surface area contributed by atoms with Crippen molar-refractivity contribution in [2.24, 2.45) is 10.1 Å². The van der Waals surface area contributed by atoms with Crippen molar-refractivity contribution in [1.82, 2.24) is 10.4 Å². The lowest BCUT2D eigenvalue weighted by Crippen LogP contribution is -2.20. The first kappa shape index (κ1) is 19.7. The molecular weight excluding hydrogens is 370 g/mol. The summed E-state index contributed by atoms with van der Waals surface area (Å²) >= 11 is 0. The molecule has 0 aliphatic rings. The number of nitro benzene ring substituents is 1. The summed E-state index contributed by atoms with van der Waals surface area (Å²) in [5.41, 5.74) is 4.99. The summed E-state index contributed by atoms with van der Waals surface area (Å²) in [6.45, 7) is 2.53. The lowest BCUT2D eigenvalue weighted by molar-refractivity contribution is -0.384. The summed E-state index contributed by atoms with van der Waals surface area (Å²) in [4.78, 5) is 19.2. The Balaban J connectivity index is 1.79. The Morgan fingerprint density at radius 2 is 1.90 bits per heavy atom. The molecule has 0 atom stereocenters. The van der Waals surface area contributed by atoms with E-state index in [1.807, 2.05) is 49.4 Å². The molecule has 8 nitrogen and oxygen atoms in total. The zero-order chi connectivity index (χ0) is 20.5. The fourth-order valence-electron chi connectivity index (χ4n) is 2.41. The first-order valence-electron chi connectivity index (χ1n) is 8.92. The first-order chi connectivity index (χ1) is 14.2. The Kier molecular flexibility index (Phi) is 6.62.